The van der Waals surface area contributed by atoms with Crippen LogP contribution in [0.5, 0.6) is 0 Å². The lowest BCUT2D eigenvalue weighted by Crippen LogP contribution is -2.20. The van der Waals surface area contributed by atoms with Crippen LogP contribution < -0.4 is 11.1 Å². The SMILES string of the molecule is CC(C)c1cncc(NC(N)=O)n1. The Hall–Kier alpha value is -1.65. The summed E-state index contributed by atoms with van der Waals surface area (Å²) in [5.41, 5.74) is 5.76. The molecule has 3 N–H and O–H groups in total. The molecule has 1 aromatic rings. The van der Waals surface area contributed by atoms with Crippen molar-refractivity contribution in [3.8, 4) is 0 Å². The van der Waals surface area contributed by atoms with Crippen molar-refractivity contribution < 1.29 is 4.79 Å². The van der Waals surface area contributed by atoms with Gasteiger partial charge in [0.05, 0.1) is 11.9 Å². The predicted molar refractivity (Wildman–Crippen MR) is 49.3 cm³/mol. The quantitative estimate of drug-likeness (QED) is 0.714. The summed E-state index contributed by atoms with van der Waals surface area (Å²) in [7, 11) is 0. The number of carbonyl (C=O) groups excluding carboxylic acids is 1. The Kier molecular flexibility index (Phi) is 2.79. The molecule has 0 unspecified atom stereocenters. The molecule has 13 heavy (non-hydrogen) atoms. The Balaban J connectivity index is 2.85. The molecule has 0 radical (unpaired) electrons. The minimum absolute atomic E-state index is 0.280. The number of hydrogen-bond acceptors (Lipinski definition) is 3. The zero-order valence-corrected chi connectivity index (χ0v) is 7.61. The van der Waals surface area contributed by atoms with Crippen LogP contribution in [0.3, 0.4) is 0 Å². The van der Waals surface area contributed by atoms with Crippen molar-refractivity contribution in [3.05, 3.63) is 18.1 Å². The fourth-order valence-electron chi connectivity index (χ4n) is 0.846. The Morgan fingerprint density at radius 2 is 2.23 bits per heavy atom. The van der Waals surface area contributed by atoms with Gasteiger partial charge in [-0.25, -0.2) is 9.78 Å². The Morgan fingerprint density at radius 3 is 2.77 bits per heavy atom. The van der Waals surface area contributed by atoms with E-state index in [1.807, 2.05) is 13.8 Å². The first-order valence-corrected chi connectivity index (χ1v) is 3.98. The summed E-state index contributed by atoms with van der Waals surface area (Å²) >= 11 is 0. The van der Waals surface area contributed by atoms with E-state index < -0.39 is 6.03 Å². The highest BCUT2D eigenvalue weighted by molar-refractivity contribution is 5.86. The Morgan fingerprint density at radius 1 is 1.54 bits per heavy atom. The minimum atomic E-state index is -0.629. The van der Waals surface area contributed by atoms with Gasteiger partial charge < -0.3 is 5.73 Å². The zero-order valence-electron chi connectivity index (χ0n) is 7.61. The number of hydrogen-bond donors (Lipinski definition) is 2. The average Bonchev–Trinajstić information content (AvgIpc) is 2.03. The minimum Gasteiger partial charge on any atom is -0.351 e. The maximum Gasteiger partial charge on any atom is 0.317 e. The lowest BCUT2D eigenvalue weighted by atomic mass is 10.1. The number of anilines is 1. The van der Waals surface area contributed by atoms with Crippen molar-refractivity contribution >= 4 is 11.8 Å². The van der Waals surface area contributed by atoms with Gasteiger partial charge in [0, 0.05) is 6.20 Å². The number of nitrogens with one attached hydrogen (secondary N) is 1. The normalized spacial score (nSPS) is 10.1. The largest absolute Gasteiger partial charge is 0.351 e. The summed E-state index contributed by atoms with van der Waals surface area (Å²) < 4.78 is 0. The fraction of sp³-hybridized carbons (Fsp3) is 0.375. The van der Waals surface area contributed by atoms with Gasteiger partial charge >= 0.3 is 6.03 Å². The van der Waals surface area contributed by atoms with E-state index in [9.17, 15) is 4.79 Å². The van der Waals surface area contributed by atoms with E-state index in [1.165, 1.54) is 6.20 Å². The van der Waals surface area contributed by atoms with Gasteiger partial charge in [0.25, 0.3) is 0 Å². The molecule has 0 aliphatic heterocycles. The summed E-state index contributed by atoms with van der Waals surface area (Å²) in [6, 6.07) is -0.629. The molecule has 1 rings (SSSR count). The maximum atomic E-state index is 10.5. The van der Waals surface area contributed by atoms with Crippen LogP contribution >= 0.6 is 0 Å². The number of nitrogens with zero attached hydrogens (tertiary/aromatic N) is 2. The average molecular weight is 180 g/mol. The van der Waals surface area contributed by atoms with E-state index in [0.29, 0.717) is 5.82 Å². The molecule has 5 nitrogen and oxygen atoms in total. The number of carbonyl (C=O) groups is 1. The second-order valence-corrected chi connectivity index (χ2v) is 2.97. The molecule has 0 bridgehead atoms. The number of rotatable bonds is 2. The predicted octanol–water partition coefficient (Wildman–Crippen LogP) is 1.09. The summed E-state index contributed by atoms with van der Waals surface area (Å²) in [6.45, 7) is 4.00. The topological polar surface area (TPSA) is 80.9 Å². The molecule has 1 heterocycles. The van der Waals surface area contributed by atoms with Crippen LogP contribution in [0, 0.1) is 0 Å². The maximum absolute atomic E-state index is 10.5. The highest BCUT2D eigenvalue weighted by atomic mass is 16.2. The van der Waals surface area contributed by atoms with E-state index in [1.54, 1.807) is 6.20 Å². The number of amides is 2. The monoisotopic (exact) mass is 180 g/mol. The molecule has 0 aliphatic rings. The number of primary amides is 1. The highest BCUT2D eigenvalue weighted by Gasteiger charge is 2.03. The molecule has 0 atom stereocenters. The first kappa shape index (κ1) is 9.44. The van der Waals surface area contributed by atoms with Gasteiger partial charge in [-0.3, -0.25) is 10.3 Å². The second-order valence-electron chi connectivity index (χ2n) is 2.97. The van der Waals surface area contributed by atoms with Crippen LogP contribution in [0.4, 0.5) is 10.6 Å². The lowest BCUT2D eigenvalue weighted by molar-refractivity contribution is 0.259. The van der Waals surface area contributed by atoms with Crippen LogP contribution in [0.25, 0.3) is 0 Å². The summed E-state index contributed by atoms with van der Waals surface area (Å²) in [5, 5.41) is 2.37. The molecule has 2 amide bonds. The van der Waals surface area contributed by atoms with Gasteiger partial charge in [-0.05, 0) is 5.92 Å². The van der Waals surface area contributed by atoms with E-state index in [4.69, 9.17) is 5.73 Å². The van der Waals surface area contributed by atoms with Crippen LogP contribution in [-0.2, 0) is 0 Å². The first-order valence-electron chi connectivity index (χ1n) is 3.98. The number of aromatic nitrogens is 2. The van der Waals surface area contributed by atoms with E-state index in [0.717, 1.165) is 5.69 Å². The molecule has 5 heteroatoms. The molecule has 70 valence electrons. The summed E-state index contributed by atoms with van der Waals surface area (Å²) in [5.74, 6) is 0.667. The lowest BCUT2D eigenvalue weighted by Gasteiger charge is -2.05. The third-order valence-corrected chi connectivity index (χ3v) is 1.50. The molecule has 0 aromatic carbocycles. The molecule has 1 aromatic heterocycles. The summed E-state index contributed by atoms with van der Waals surface area (Å²) in [4.78, 5) is 18.6. The molecule has 0 fully saturated rings. The van der Waals surface area contributed by atoms with Crippen LogP contribution in [0.1, 0.15) is 25.5 Å². The van der Waals surface area contributed by atoms with Crippen molar-refractivity contribution in [2.45, 2.75) is 19.8 Å². The van der Waals surface area contributed by atoms with Gasteiger partial charge in [-0.2, -0.15) is 0 Å². The summed E-state index contributed by atoms with van der Waals surface area (Å²) in [6.07, 6.45) is 3.12. The van der Waals surface area contributed by atoms with Gasteiger partial charge in [0.15, 0.2) is 5.82 Å². The number of nitrogens with two attached hydrogens (primary N) is 1. The molecule has 0 saturated carbocycles. The van der Waals surface area contributed by atoms with Gasteiger partial charge in [0.2, 0.25) is 0 Å². The third kappa shape index (κ3) is 2.70. The standard InChI is InChI=1S/C8H12N4O/c1-5(2)6-3-10-4-7(11-6)12-8(9)13/h3-5H,1-2H3,(H3,9,11,12,13). The van der Waals surface area contributed by atoms with Crippen molar-refractivity contribution in [3.63, 3.8) is 0 Å². The first-order chi connectivity index (χ1) is 6.09. The second kappa shape index (κ2) is 3.84. The van der Waals surface area contributed by atoms with Crippen LogP contribution in [-0.4, -0.2) is 16.0 Å². The third-order valence-electron chi connectivity index (χ3n) is 1.50. The van der Waals surface area contributed by atoms with Crippen molar-refractivity contribution in [2.24, 2.45) is 5.73 Å². The molecular formula is C8H12N4O. The molecule has 0 spiro atoms. The smallest absolute Gasteiger partial charge is 0.317 e. The van der Waals surface area contributed by atoms with Crippen molar-refractivity contribution in [2.75, 3.05) is 5.32 Å². The number of urea groups is 1. The van der Waals surface area contributed by atoms with Gasteiger partial charge in [-0.1, -0.05) is 13.8 Å². The fourth-order valence-corrected chi connectivity index (χ4v) is 0.846. The Labute approximate surface area is 76.4 Å². The van der Waals surface area contributed by atoms with Crippen molar-refractivity contribution in [1.29, 1.82) is 0 Å². The van der Waals surface area contributed by atoms with Gasteiger partial charge in [0.1, 0.15) is 0 Å². The molecule has 0 saturated heterocycles. The molecular weight excluding hydrogens is 168 g/mol. The van der Waals surface area contributed by atoms with Crippen LogP contribution in [0.15, 0.2) is 12.4 Å². The Bertz CT molecular complexity index is 311. The van der Waals surface area contributed by atoms with Crippen molar-refractivity contribution in [1.82, 2.24) is 9.97 Å². The molecule has 0 aliphatic carbocycles. The van der Waals surface area contributed by atoms with E-state index in [2.05, 4.69) is 15.3 Å². The highest BCUT2D eigenvalue weighted by Crippen LogP contribution is 2.11. The van der Waals surface area contributed by atoms with E-state index >= 15 is 0 Å². The zero-order chi connectivity index (χ0) is 9.84. The van der Waals surface area contributed by atoms with E-state index in [-0.39, 0.29) is 5.92 Å². The van der Waals surface area contributed by atoms with Crippen LogP contribution in [0.2, 0.25) is 0 Å². The van der Waals surface area contributed by atoms with Gasteiger partial charge in [-0.15, -0.1) is 0 Å².